The summed E-state index contributed by atoms with van der Waals surface area (Å²) >= 11 is 5.97. The standard InChI is InChI=1S/C18H21ClN4O4S/c1-21-16-5-6-23(28(25,26)14-4-2-3-13(19)11-14)12-15(16)17(20-21)18(24)22-7-9-27-10-8-22/h2-4,11H,5-10,12H2,1H3. The number of hydrogen-bond acceptors (Lipinski definition) is 5. The molecule has 0 atom stereocenters. The molecule has 3 heterocycles. The van der Waals surface area contributed by atoms with E-state index in [1.54, 1.807) is 28.8 Å². The quantitative estimate of drug-likeness (QED) is 0.741. The van der Waals surface area contributed by atoms with E-state index in [1.165, 1.54) is 16.4 Å². The Kier molecular flexibility index (Phi) is 5.17. The van der Waals surface area contributed by atoms with Gasteiger partial charge in [0.05, 0.1) is 18.1 Å². The molecule has 0 unspecified atom stereocenters. The van der Waals surface area contributed by atoms with E-state index in [4.69, 9.17) is 16.3 Å². The maximum atomic E-state index is 13.1. The van der Waals surface area contributed by atoms with Gasteiger partial charge in [-0.05, 0) is 18.2 Å². The number of benzene rings is 1. The van der Waals surface area contributed by atoms with Crippen molar-refractivity contribution in [2.75, 3.05) is 32.8 Å². The number of morpholine rings is 1. The Hall–Kier alpha value is -1.94. The molecule has 1 amide bonds. The summed E-state index contributed by atoms with van der Waals surface area (Å²) in [5, 5.41) is 4.78. The number of sulfonamides is 1. The van der Waals surface area contributed by atoms with Crippen molar-refractivity contribution in [1.82, 2.24) is 19.0 Å². The van der Waals surface area contributed by atoms with Gasteiger partial charge < -0.3 is 9.64 Å². The zero-order valence-corrected chi connectivity index (χ0v) is 17.0. The molecule has 10 heteroatoms. The lowest BCUT2D eigenvalue weighted by molar-refractivity contribution is 0.0297. The van der Waals surface area contributed by atoms with Crippen molar-refractivity contribution in [2.24, 2.45) is 7.05 Å². The number of hydrogen-bond donors (Lipinski definition) is 0. The Morgan fingerprint density at radius 2 is 1.96 bits per heavy atom. The highest BCUT2D eigenvalue weighted by Gasteiger charge is 2.35. The van der Waals surface area contributed by atoms with Crippen LogP contribution in [-0.4, -0.2) is 66.2 Å². The number of ether oxygens (including phenoxy) is 1. The number of fused-ring (bicyclic) bond motifs is 1. The number of rotatable bonds is 3. The molecule has 1 aromatic carbocycles. The van der Waals surface area contributed by atoms with Crippen LogP contribution >= 0.6 is 11.6 Å². The van der Waals surface area contributed by atoms with Crippen LogP contribution in [0, 0.1) is 0 Å². The molecule has 1 aromatic heterocycles. The summed E-state index contributed by atoms with van der Waals surface area (Å²) in [6, 6.07) is 6.21. The summed E-state index contributed by atoms with van der Waals surface area (Å²) < 4.78 is 34.5. The van der Waals surface area contributed by atoms with Gasteiger partial charge in [0.25, 0.3) is 5.91 Å². The number of aryl methyl sites for hydroxylation is 1. The van der Waals surface area contributed by atoms with E-state index in [0.717, 1.165) is 5.69 Å². The average molecular weight is 425 g/mol. The molecule has 4 rings (SSSR count). The molecule has 0 N–H and O–H groups in total. The molecule has 2 aliphatic rings. The van der Waals surface area contributed by atoms with Crippen molar-refractivity contribution in [3.8, 4) is 0 Å². The largest absolute Gasteiger partial charge is 0.378 e. The van der Waals surface area contributed by atoms with Crippen LogP contribution in [-0.2, 0) is 34.8 Å². The minimum atomic E-state index is -3.72. The van der Waals surface area contributed by atoms with Crippen molar-refractivity contribution < 1.29 is 17.9 Å². The maximum Gasteiger partial charge on any atom is 0.274 e. The Balaban J connectivity index is 1.65. The number of carbonyl (C=O) groups excluding carboxylic acids is 1. The van der Waals surface area contributed by atoms with Gasteiger partial charge in [-0.1, -0.05) is 17.7 Å². The van der Waals surface area contributed by atoms with Crippen molar-refractivity contribution in [2.45, 2.75) is 17.9 Å². The second-order valence-corrected chi connectivity index (χ2v) is 9.22. The normalized spacial score (nSPS) is 18.1. The first-order valence-electron chi connectivity index (χ1n) is 9.05. The van der Waals surface area contributed by atoms with E-state index in [0.29, 0.717) is 55.5 Å². The van der Waals surface area contributed by atoms with Crippen LogP contribution in [0.1, 0.15) is 21.7 Å². The number of aromatic nitrogens is 2. The molecular weight excluding hydrogens is 404 g/mol. The van der Waals surface area contributed by atoms with E-state index >= 15 is 0 Å². The van der Waals surface area contributed by atoms with Gasteiger partial charge in [-0.15, -0.1) is 0 Å². The van der Waals surface area contributed by atoms with Crippen molar-refractivity contribution >= 4 is 27.5 Å². The van der Waals surface area contributed by atoms with Crippen LogP contribution in [0.3, 0.4) is 0 Å². The van der Waals surface area contributed by atoms with Crippen molar-refractivity contribution in [3.63, 3.8) is 0 Å². The van der Waals surface area contributed by atoms with E-state index < -0.39 is 10.0 Å². The fourth-order valence-electron chi connectivity index (χ4n) is 3.64. The second kappa shape index (κ2) is 7.47. The van der Waals surface area contributed by atoms with Gasteiger partial charge in [-0.25, -0.2) is 8.42 Å². The molecule has 8 nitrogen and oxygen atoms in total. The molecule has 0 aliphatic carbocycles. The molecule has 28 heavy (non-hydrogen) atoms. The van der Waals surface area contributed by atoms with Gasteiger partial charge in [0.15, 0.2) is 5.69 Å². The van der Waals surface area contributed by atoms with Gasteiger partial charge in [-0.2, -0.15) is 9.40 Å². The molecule has 0 radical (unpaired) electrons. The molecule has 150 valence electrons. The first-order chi connectivity index (χ1) is 13.4. The highest BCUT2D eigenvalue weighted by Crippen LogP contribution is 2.28. The number of amides is 1. The van der Waals surface area contributed by atoms with Gasteiger partial charge in [0.1, 0.15) is 0 Å². The van der Waals surface area contributed by atoms with Crippen LogP contribution in [0.5, 0.6) is 0 Å². The number of nitrogens with zero attached hydrogens (tertiary/aromatic N) is 4. The fourth-order valence-corrected chi connectivity index (χ4v) is 5.35. The van der Waals surface area contributed by atoms with Crippen LogP contribution in [0.15, 0.2) is 29.2 Å². The summed E-state index contributed by atoms with van der Waals surface area (Å²) in [5.41, 5.74) is 1.90. The minimum absolute atomic E-state index is 0.115. The van der Waals surface area contributed by atoms with E-state index in [9.17, 15) is 13.2 Å². The smallest absolute Gasteiger partial charge is 0.274 e. The van der Waals surface area contributed by atoms with Crippen molar-refractivity contribution in [3.05, 3.63) is 46.2 Å². The Morgan fingerprint density at radius 1 is 1.21 bits per heavy atom. The van der Waals surface area contributed by atoms with Gasteiger partial charge >= 0.3 is 0 Å². The zero-order chi connectivity index (χ0) is 19.9. The molecule has 0 bridgehead atoms. The molecule has 1 fully saturated rings. The highest BCUT2D eigenvalue weighted by atomic mass is 35.5. The third-order valence-corrected chi connectivity index (χ3v) is 7.22. The van der Waals surface area contributed by atoms with Crippen molar-refractivity contribution in [1.29, 1.82) is 0 Å². The summed E-state index contributed by atoms with van der Waals surface area (Å²) in [6.07, 6.45) is 0.495. The molecular formula is C18H21ClN4O4S. The topological polar surface area (TPSA) is 84.7 Å². The zero-order valence-electron chi connectivity index (χ0n) is 15.5. The summed E-state index contributed by atoms with van der Waals surface area (Å²) in [4.78, 5) is 14.8. The lowest BCUT2D eigenvalue weighted by Gasteiger charge is -2.29. The monoisotopic (exact) mass is 424 g/mol. The Morgan fingerprint density at radius 3 is 2.68 bits per heavy atom. The van der Waals surface area contributed by atoms with Crippen LogP contribution < -0.4 is 0 Å². The summed E-state index contributed by atoms with van der Waals surface area (Å²) in [7, 11) is -1.93. The van der Waals surface area contributed by atoms with E-state index in [1.807, 2.05) is 0 Å². The first-order valence-corrected chi connectivity index (χ1v) is 10.9. The molecule has 2 aromatic rings. The lowest BCUT2D eigenvalue weighted by atomic mass is 10.1. The molecule has 0 saturated carbocycles. The van der Waals surface area contributed by atoms with Gasteiger partial charge in [0, 0.05) is 55.9 Å². The summed E-state index contributed by atoms with van der Waals surface area (Å²) in [5.74, 6) is -0.179. The Labute approximate surface area is 168 Å². The first kappa shape index (κ1) is 19.4. The predicted octanol–water partition coefficient (Wildman–Crippen LogP) is 1.29. The summed E-state index contributed by atoms with van der Waals surface area (Å²) in [6.45, 7) is 2.45. The van der Waals surface area contributed by atoms with E-state index in [-0.39, 0.29) is 17.3 Å². The predicted molar refractivity (Wildman–Crippen MR) is 103 cm³/mol. The van der Waals surface area contributed by atoms with Gasteiger partial charge in [-0.3, -0.25) is 9.48 Å². The average Bonchev–Trinajstić information content (AvgIpc) is 3.04. The second-order valence-electron chi connectivity index (χ2n) is 6.85. The molecule has 0 spiro atoms. The van der Waals surface area contributed by atoms with Gasteiger partial charge in [0.2, 0.25) is 10.0 Å². The van der Waals surface area contributed by atoms with Crippen LogP contribution in [0.2, 0.25) is 5.02 Å². The third-order valence-electron chi connectivity index (χ3n) is 5.14. The lowest BCUT2D eigenvalue weighted by Crippen LogP contribution is -2.42. The van der Waals surface area contributed by atoms with Crippen LogP contribution in [0.4, 0.5) is 0 Å². The number of carbonyl (C=O) groups is 1. The fraction of sp³-hybridized carbons (Fsp3) is 0.444. The molecule has 2 aliphatic heterocycles. The highest BCUT2D eigenvalue weighted by molar-refractivity contribution is 7.89. The Bertz CT molecular complexity index is 1010. The van der Waals surface area contributed by atoms with E-state index in [2.05, 4.69) is 5.10 Å². The van der Waals surface area contributed by atoms with Crippen LogP contribution in [0.25, 0.3) is 0 Å². The SMILES string of the molecule is Cn1nc(C(=O)N2CCOCC2)c2c1CCN(S(=O)(=O)c1cccc(Cl)c1)C2. The third kappa shape index (κ3) is 3.43. The number of halogens is 1. The maximum absolute atomic E-state index is 13.1. The minimum Gasteiger partial charge on any atom is -0.378 e. The molecule has 1 saturated heterocycles.